The third-order valence-electron chi connectivity index (χ3n) is 11.8. The van der Waals surface area contributed by atoms with E-state index < -0.39 is 57.8 Å². The van der Waals surface area contributed by atoms with Crippen LogP contribution in [0.25, 0.3) is 0 Å². The molecule has 0 aliphatic heterocycles. The molecular formula is C60H103O11P. The van der Waals surface area contributed by atoms with Crippen LogP contribution >= 0.6 is 7.82 Å². The second kappa shape index (κ2) is 53.9. The molecule has 0 bridgehead atoms. The van der Waals surface area contributed by atoms with Gasteiger partial charge in [0.1, 0.15) is 12.7 Å². The fourth-order valence-electron chi connectivity index (χ4n) is 7.50. The van der Waals surface area contributed by atoms with Crippen LogP contribution in [-0.4, -0.2) is 66.5 Å². The van der Waals surface area contributed by atoms with Crippen molar-refractivity contribution in [3.05, 3.63) is 85.1 Å². The second-order valence-corrected chi connectivity index (χ2v) is 20.1. The first-order chi connectivity index (χ1) is 35.2. The number of rotatable bonds is 52. The summed E-state index contributed by atoms with van der Waals surface area (Å²) in [5, 5.41) is 9.81. The third-order valence-corrected chi connectivity index (χ3v) is 12.7. The molecule has 11 nitrogen and oxygen atoms in total. The van der Waals surface area contributed by atoms with Gasteiger partial charge in [0.2, 0.25) is 0 Å². The Kier molecular flexibility index (Phi) is 51.4. The monoisotopic (exact) mass is 1030 g/mol. The molecule has 3 unspecified atom stereocenters. The average molecular weight is 1030 g/mol. The number of phosphoric ester groups is 1. The van der Waals surface area contributed by atoms with Gasteiger partial charge in [0.05, 0.1) is 19.8 Å². The zero-order valence-electron chi connectivity index (χ0n) is 45.6. The Labute approximate surface area is 439 Å². The lowest BCUT2D eigenvalue weighted by atomic mass is 10.1. The molecule has 0 saturated carbocycles. The molecule has 12 heteroatoms. The summed E-state index contributed by atoms with van der Waals surface area (Å²) in [6.45, 7) is 4.37. The van der Waals surface area contributed by atoms with Crippen molar-refractivity contribution >= 4 is 25.7 Å². The lowest BCUT2D eigenvalue weighted by Gasteiger charge is -2.21. The molecule has 0 saturated heterocycles. The van der Waals surface area contributed by atoms with Gasteiger partial charge >= 0.3 is 25.7 Å². The van der Waals surface area contributed by atoms with Gasteiger partial charge < -0.3 is 24.2 Å². The van der Waals surface area contributed by atoms with Gasteiger partial charge in [-0.3, -0.25) is 23.4 Å². The van der Waals surface area contributed by atoms with E-state index in [9.17, 15) is 28.9 Å². The first kappa shape index (κ1) is 68.7. The van der Waals surface area contributed by atoms with Crippen molar-refractivity contribution in [1.29, 1.82) is 0 Å². The van der Waals surface area contributed by atoms with Gasteiger partial charge in [-0.05, 0) is 109 Å². The normalized spacial score (nSPS) is 14.0. The number of carbonyl (C=O) groups excluding carboxylic acids is 3. The van der Waals surface area contributed by atoms with Crippen molar-refractivity contribution in [3.63, 3.8) is 0 Å². The molecule has 0 spiro atoms. The second-order valence-electron chi connectivity index (χ2n) is 18.7. The summed E-state index contributed by atoms with van der Waals surface area (Å²) in [7, 11) is -4.76. The van der Waals surface area contributed by atoms with E-state index in [1.54, 1.807) is 0 Å². The van der Waals surface area contributed by atoms with Gasteiger partial charge in [-0.25, -0.2) is 4.57 Å². The van der Waals surface area contributed by atoms with Crippen LogP contribution in [0, 0.1) is 0 Å². The molecule has 2 N–H and O–H groups in total. The van der Waals surface area contributed by atoms with Crippen LogP contribution in [0.1, 0.15) is 239 Å². The lowest BCUT2D eigenvalue weighted by molar-refractivity contribution is -0.161. The van der Waals surface area contributed by atoms with Crippen molar-refractivity contribution in [1.82, 2.24) is 0 Å². The minimum absolute atomic E-state index is 0.151. The van der Waals surface area contributed by atoms with E-state index in [0.29, 0.717) is 19.3 Å². The predicted octanol–water partition coefficient (Wildman–Crippen LogP) is 16.7. The molecular weight excluding hydrogens is 928 g/mol. The number of ether oxygens (including phenoxy) is 3. The van der Waals surface area contributed by atoms with Gasteiger partial charge in [-0.1, -0.05) is 196 Å². The number of carbonyl (C=O) groups is 3. The lowest BCUT2D eigenvalue weighted by Crippen LogP contribution is -2.30. The number of aliphatic hydroxyl groups is 1. The number of unbranched alkanes of at least 4 members (excludes halogenated alkanes) is 21. The highest BCUT2D eigenvalue weighted by Crippen LogP contribution is 2.43. The summed E-state index contributed by atoms with van der Waals surface area (Å²) in [5.41, 5.74) is 0. The van der Waals surface area contributed by atoms with E-state index >= 15 is 0 Å². The Hall–Kier alpha value is -3.34. The molecule has 72 heavy (non-hydrogen) atoms. The summed E-state index contributed by atoms with van der Waals surface area (Å²) in [5.74, 6) is -1.50. The zero-order chi connectivity index (χ0) is 52.7. The number of esters is 3. The van der Waals surface area contributed by atoms with Gasteiger partial charge in [0.15, 0.2) is 6.10 Å². The molecule has 0 aromatic rings. The van der Waals surface area contributed by atoms with Crippen molar-refractivity contribution in [2.24, 2.45) is 0 Å². The maximum atomic E-state index is 12.9. The topological polar surface area (TPSA) is 155 Å². The maximum absolute atomic E-state index is 12.9. The van der Waals surface area contributed by atoms with Crippen molar-refractivity contribution in [2.75, 3.05) is 26.4 Å². The predicted molar refractivity (Wildman–Crippen MR) is 298 cm³/mol. The van der Waals surface area contributed by atoms with Crippen LogP contribution in [0.3, 0.4) is 0 Å². The van der Waals surface area contributed by atoms with Crippen LogP contribution in [0.15, 0.2) is 85.1 Å². The highest BCUT2D eigenvalue weighted by Gasteiger charge is 2.28. The van der Waals surface area contributed by atoms with Crippen molar-refractivity contribution < 1.29 is 52.2 Å². The Morgan fingerprint density at radius 3 is 1.12 bits per heavy atom. The molecule has 414 valence electrons. The highest BCUT2D eigenvalue weighted by atomic mass is 31.2. The Balaban J connectivity index is 4.75. The van der Waals surface area contributed by atoms with E-state index in [1.807, 2.05) is 0 Å². The number of hydrogen-bond donors (Lipinski definition) is 2. The van der Waals surface area contributed by atoms with Gasteiger partial charge in [-0.2, -0.15) is 0 Å². The van der Waals surface area contributed by atoms with E-state index in [-0.39, 0.29) is 25.9 Å². The van der Waals surface area contributed by atoms with Crippen LogP contribution in [-0.2, 0) is 42.2 Å². The molecule has 0 amide bonds. The van der Waals surface area contributed by atoms with Crippen LogP contribution in [0.4, 0.5) is 0 Å². The van der Waals surface area contributed by atoms with Crippen LogP contribution in [0.5, 0.6) is 0 Å². The minimum Gasteiger partial charge on any atom is -0.462 e. The van der Waals surface area contributed by atoms with E-state index in [0.717, 1.165) is 148 Å². The molecule has 0 aliphatic carbocycles. The number of aliphatic hydroxyl groups excluding tert-OH is 1. The summed E-state index contributed by atoms with van der Waals surface area (Å²) in [6, 6.07) is 0. The van der Waals surface area contributed by atoms with Gasteiger partial charge in [-0.15, -0.1) is 0 Å². The molecule has 0 aromatic carbocycles. The van der Waals surface area contributed by atoms with Crippen LogP contribution in [0.2, 0.25) is 0 Å². The zero-order valence-corrected chi connectivity index (χ0v) is 46.5. The highest BCUT2D eigenvalue weighted by molar-refractivity contribution is 7.47. The molecule has 0 aliphatic rings. The fourth-order valence-corrected chi connectivity index (χ4v) is 8.28. The van der Waals surface area contributed by atoms with Crippen molar-refractivity contribution in [2.45, 2.75) is 251 Å². The molecule has 0 heterocycles. The number of phosphoric acid groups is 1. The SMILES string of the molecule is CC/C=C\C/C=C\C/C=C\CCCCCCCCCC(=O)OC(COC(=O)CCCCCCC/C=C\CCCCCC)COP(=O)(O)OCC(CO)OC(=O)CCCCCCC/C=C\C/C=C\C/C=C\CC. The Morgan fingerprint density at radius 1 is 0.403 bits per heavy atom. The summed E-state index contributed by atoms with van der Waals surface area (Å²) in [4.78, 5) is 48.5. The molecule has 3 atom stereocenters. The summed E-state index contributed by atoms with van der Waals surface area (Å²) < 4.78 is 39.5. The quantitative estimate of drug-likeness (QED) is 0.0197. The van der Waals surface area contributed by atoms with Crippen molar-refractivity contribution in [3.8, 4) is 0 Å². The molecule has 0 aromatic heterocycles. The minimum atomic E-state index is -4.76. The molecule has 0 radical (unpaired) electrons. The van der Waals surface area contributed by atoms with E-state index in [1.165, 1.54) is 32.1 Å². The van der Waals surface area contributed by atoms with Gasteiger partial charge in [0.25, 0.3) is 0 Å². The smallest absolute Gasteiger partial charge is 0.462 e. The first-order valence-corrected chi connectivity index (χ1v) is 30.0. The molecule has 0 rings (SSSR count). The standard InChI is InChI=1S/C60H103O11P/c1-4-7-10-13-16-19-22-25-27-28-30-33-36-39-42-45-48-51-60(64)71-57(53-67-58(62)49-46-43-40-37-34-31-24-21-18-15-12-9-6-3)55-69-72(65,66)68-54-56(52-61)70-59(63)50-47-44-41-38-35-32-29-26-23-20-17-14-11-8-5-2/h7-8,10-11,16-17,19-21,24-27,29,56-57,61H,4-6,9,12-15,18,22-23,28,30-55H2,1-3H3,(H,65,66)/b10-7-,11-8-,19-16-,20-17-,24-21-,27-25-,29-26-. The Bertz CT molecular complexity index is 1530. The van der Waals surface area contributed by atoms with E-state index in [2.05, 4.69) is 106 Å². The fraction of sp³-hybridized carbons (Fsp3) is 0.717. The number of hydrogen-bond acceptors (Lipinski definition) is 10. The van der Waals surface area contributed by atoms with Crippen LogP contribution < -0.4 is 0 Å². The largest absolute Gasteiger partial charge is 0.472 e. The maximum Gasteiger partial charge on any atom is 0.472 e. The third kappa shape index (κ3) is 51.6. The number of allylic oxidation sites excluding steroid dienone is 14. The average Bonchev–Trinajstić information content (AvgIpc) is 3.37. The molecule has 0 fully saturated rings. The summed E-state index contributed by atoms with van der Waals surface area (Å²) in [6.07, 6.45) is 61.1. The summed E-state index contributed by atoms with van der Waals surface area (Å²) >= 11 is 0. The van der Waals surface area contributed by atoms with Gasteiger partial charge in [0, 0.05) is 19.3 Å². The first-order valence-electron chi connectivity index (χ1n) is 28.5. The Morgan fingerprint density at radius 2 is 0.722 bits per heavy atom. The van der Waals surface area contributed by atoms with E-state index in [4.69, 9.17) is 23.3 Å².